The molecule has 0 aliphatic rings. The van der Waals surface area contributed by atoms with Gasteiger partial charge in [0.15, 0.2) is 8.68 Å². The van der Waals surface area contributed by atoms with Crippen molar-refractivity contribution in [2.75, 3.05) is 6.26 Å². The first kappa shape index (κ1) is 16.3. The molecule has 2 rings (SSSR count). The number of hydrogen-bond donors (Lipinski definition) is 1. The van der Waals surface area contributed by atoms with Crippen LogP contribution in [-0.2, 0) is 6.42 Å². The minimum Gasteiger partial charge on any atom is -0.327 e. The molecule has 3 nitrogen and oxygen atoms in total. The van der Waals surface area contributed by atoms with Crippen LogP contribution < -0.4 is 5.73 Å². The Morgan fingerprint density at radius 2 is 2.10 bits per heavy atom. The Labute approximate surface area is 140 Å². The van der Waals surface area contributed by atoms with Crippen LogP contribution in [-0.4, -0.2) is 22.5 Å². The largest absolute Gasteiger partial charge is 0.327 e. The molecule has 0 amide bonds. The van der Waals surface area contributed by atoms with Gasteiger partial charge in [-0.05, 0) is 42.9 Å². The average molecular weight is 390 g/mol. The molecule has 0 spiro atoms. The quantitative estimate of drug-likeness (QED) is 0.739. The molecule has 0 aliphatic carbocycles. The highest BCUT2D eigenvalue weighted by molar-refractivity contribution is 9.10. The van der Waals surface area contributed by atoms with Gasteiger partial charge in [0.05, 0.1) is 0 Å². The maximum absolute atomic E-state index is 6.09. The van der Waals surface area contributed by atoms with E-state index < -0.39 is 0 Å². The first-order chi connectivity index (χ1) is 9.62. The van der Waals surface area contributed by atoms with Gasteiger partial charge >= 0.3 is 0 Å². The summed E-state index contributed by atoms with van der Waals surface area (Å²) >= 11 is 8.45. The van der Waals surface area contributed by atoms with Crippen molar-refractivity contribution in [3.8, 4) is 0 Å². The normalized spacial score (nSPS) is 12.6. The molecule has 108 valence electrons. The number of nitrogens with zero attached hydrogens (tertiary/aromatic N) is 2. The van der Waals surface area contributed by atoms with E-state index in [1.807, 2.05) is 6.26 Å². The molecule has 1 aromatic heterocycles. The SMILES string of the molecule is CCC(N)Cc1cc(Br)ccc1Sc1nnc(SC)s1. The van der Waals surface area contributed by atoms with E-state index in [0.717, 1.165) is 26.0 Å². The van der Waals surface area contributed by atoms with Crippen molar-refractivity contribution < 1.29 is 0 Å². The zero-order chi connectivity index (χ0) is 14.5. The van der Waals surface area contributed by atoms with Gasteiger partial charge in [0.25, 0.3) is 0 Å². The van der Waals surface area contributed by atoms with Crippen molar-refractivity contribution in [3.05, 3.63) is 28.2 Å². The van der Waals surface area contributed by atoms with Crippen molar-refractivity contribution >= 4 is 50.8 Å². The number of thioether (sulfide) groups is 1. The molecular formula is C13H16BrN3S3. The Morgan fingerprint density at radius 1 is 1.35 bits per heavy atom. The van der Waals surface area contributed by atoms with E-state index in [9.17, 15) is 0 Å². The molecule has 0 saturated heterocycles. The summed E-state index contributed by atoms with van der Waals surface area (Å²) in [6.45, 7) is 2.12. The van der Waals surface area contributed by atoms with Gasteiger partial charge in [-0.15, -0.1) is 10.2 Å². The number of hydrogen-bond acceptors (Lipinski definition) is 6. The van der Waals surface area contributed by atoms with Gasteiger partial charge in [-0.1, -0.05) is 57.7 Å². The molecule has 0 aliphatic heterocycles. The van der Waals surface area contributed by atoms with Crippen LogP contribution >= 0.6 is 50.8 Å². The maximum Gasteiger partial charge on any atom is 0.179 e. The Morgan fingerprint density at radius 3 is 2.75 bits per heavy atom. The molecule has 1 unspecified atom stereocenters. The second-order valence-electron chi connectivity index (χ2n) is 4.26. The lowest BCUT2D eigenvalue weighted by atomic mass is 10.1. The third kappa shape index (κ3) is 4.46. The molecule has 0 bridgehead atoms. The Kier molecular flexibility index (Phi) is 6.35. The first-order valence-corrected chi connectivity index (χ1v) is 9.86. The van der Waals surface area contributed by atoms with Crippen molar-refractivity contribution in [3.63, 3.8) is 0 Å². The van der Waals surface area contributed by atoms with Crippen molar-refractivity contribution in [2.45, 2.75) is 39.4 Å². The van der Waals surface area contributed by atoms with E-state index in [-0.39, 0.29) is 6.04 Å². The van der Waals surface area contributed by atoms with Crippen LogP contribution in [0.15, 0.2) is 36.2 Å². The second-order valence-corrected chi connectivity index (χ2v) is 8.50. The second kappa shape index (κ2) is 7.79. The van der Waals surface area contributed by atoms with Crippen molar-refractivity contribution in [2.24, 2.45) is 5.73 Å². The highest BCUT2D eigenvalue weighted by Gasteiger charge is 2.11. The molecule has 20 heavy (non-hydrogen) atoms. The fraction of sp³-hybridized carbons (Fsp3) is 0.385. The van der Waals surface area contributed by atoms with Crippen molar-refractivity contribution in [1.82, 2.24) is 10.2 Å². The number of nitrogens with two attached hydrogens (primary N) is 1. The topological polar surface area (TPSA) is 51.8 Å². The molecule has 0 saturated carbocycles. The summed E-state index contributed by atoms with van der Waals surface area (Å²) in [5.41, 5.74) is 7.35. The fourth-order valence-electron chi connectivity index (χ4n) is 1.65. The molecule has 1 atom stereocenters. The van der Waals surface area contributed by atoms with Gasteiger partial charge in [0, 0.05) is 15.4 Å². The van der Waals surface area contributed by atoms with Gasteiger partial charge in [-0.3, -0.25) is 0 Å². The van der Waals surface area contributed by atoms with Gasteiger partial charge in [0.1, 0.15) is 0 Å². The van der Waals surface area contributed by atoms with E-state index >= 15 is 0 Å². The molecule has 0 radical (unpaired) electrons. The minimum absolute atomic E-state index is 0.194. The zero-order valence-electron chi connectivity index (χ0n) is 11.3. The maximum atomic E-state index is 6.09. The van der Waals surface area contributed by atoms with Gasteiger partial charge < -0.3 is 5.73 Å². The summed E-state index contributed by atoms with van der Waals surface area (Å²) in [6, 6.07) is 6.51. The summed E-state index contributed by atoms with van der Waals surface area (Å²) in [5, 5.41) is 8.34. The lowest BCUT2D eigenvalue weighted by Gasteiger charge is -2.12. The van der Waals surface area contributed by atoms with Crippen LogP contribution in [0.2, 0.25) is 0 Å². The summed E-state index contributed by atoms with van der Waals surface area (Å²) in [5.74, 6) is 0. The van der Waals surface area contributed by atoms with Crippen LogP contribution in [0.3, 0.4) is 0 Å². The summed E-state index contributed by atoms with van der Waals surface area (Å²) in [6.07, 6.45) is 3.87. The number of aromatic nitrogens is 2. The summed E-state index contributed by atoms with van der Waals surface area (Å²) in [4.78, 5) is 1.21. The number of halogens is 1. The predicted molar refractivity (Wildman–Crippen MR) is 91.9 cm³/mol. The van der Waals surface area contributed by atoms with Crippen LogP contribution in [0.5, 0.6) is 0 Å². The predicted octanol–water partition coefficient (Wildman–Crippen LogP) is 4.45. The summed E-state index contributed by atoms with van der Waals surface area (Å²) < 4.78 is 3.06. The first-order valence-electron chi connectivity index (χ1n) is 6.21. The smallest absolute Gasteiger partial charge is 0.179 e. The van der Waals surface area contributed by atoms with Crippen molar-refractivity contribution in [1.29, 1.82) is 0 Å². The van der Waals surface area contributed by atoms with Gasteiger partial charge in [-0.25, -0.2) is 0 Å². The minimum atomic E-state index is 0.194. The lowest BCUT2D eigenvalue weighted by Crippen LogP contribution is -2.21. The van der Waals surface area contributed by atoms with E-state index in [4.69, 9.17) is 5.73 Å². The van der Waals surface area contributed by atoms with Crippen LogP contribution in [0.25, 0.3) is 0 Å². The molecule has 2 aromatic rings. The van der Waals surface area contributed by atoms with Gasteiger partial charge in [0.2, 0.25) is 0 Å². The average Bonchev–Trinajstić information content (AvgIpc) is 2.89. The Hall–Kier alpha value is -0.0800. The standard InChI is InChI=1S/C13H16BrN3S3/c1-3-10(15)7-8-6-9(14)4-5-11(8)19-13-17-16-12(18-2)20-13/h4-6,10H,3,7,15H2,1-2H3. The summed E-state index contributed by atoms with van der Waals surface area (Å²) in [7, 11) is 0. The third-order valence-corrected chi connectivity index (χ3v) is 6.35. The fourth-order valence-corrected chi connectivity index (χ4v) is 4.57. The molecule has 0 fully saturated rings. The highest BCUT2D eigenvalue weighted by atomic mass is 79.9. The van der Waals surface area contributed by atoms with E-state index in [2.05, 4.69) is 51.3 Å². The zero-order valence-corrected chi connectivity index (χ0v) is 15.3. The number of rotatable bonds is 6. The molecular weight excluding hydrogens is 374 g/mol. The molecule has 1 heterocycles. The monoisotopic (exact) mass is 389 g/mol. The molecule has 2 N–H and O–H groups in total. The third-order valence-electron chi connectivity index (χ3n) is 2.79. The number of benzene rings is 1. The Bertz CT molecular complexity index is 574. The highest BCUT2D eigenvalue weighted by Crippen LogP contribution is 2.36. The van der Waals surface area contributed by atoms with Crippen LogP contribution in [0.4, 0.5) is 0 Å². The van der Waals surface area contributed by atoms with E-state index in [0.29, 0.717) is 0 Å². The lowest BCUT2D eigenvalue weighted by molar-refractivity contribution is 0.641. The van der Waals surface area contributed by atoms with Gasteiger partial charge in [-0.2, -0.15) is 0 Å². The van der Waals surface area contributed by atoms with Crippen LogP contribution in [0.1, 0.15) is 18.9 Å². The van der Waals surface area contributed by atoms with E-state index in [1.54, 1.807) is 34.9 Å². The van der Waals surface area contributed by atoms with E-state index in [1.165, 1.54) is 10.5 Å². The van der Waals surface area contributed by atoms with Crippen LogP contribution in [0, 0.1) is 0 Å². The molecule has 7 heteroatoms. The Balaban J connectivity index is 2.21. The molecule has 1 aromatic carbocycles.